The van der Waals surface area contributed by atoms with Gasteiger partial charge in [0.05, 0.1) is 0 Å². The highest BCUT2D eigenvalue weighted by molar-refractivity contribution is 5.76. The van der Waals surface area contributed by atoms with Crippen molar-refractivity contribution in [3.8, 4) is 0 Å². The fourth-order valence-corrected chi connectivity index (χ4v) is 2.26. The summed E-state index contributed by atoms with van der Waals surface area (Å²) in [5, 5.41) is 2.96. The van der Waals surface area contributed by atoms with Gasteiger partial charge in [0.15, 0.2) is 0 Å². The van der Waals surface area contributed by atoms with Gasteiger partial charge in [-0.1, -0.05) is 48.5 Å². The van der Waals surface area contributed by atoms with E-state index in [9.17, 15) is 4.79 Å². The van der Waals surface area contributed by atoms with E-state index in [1.165, 1.54) is 0 Å². The van der Waals surface area contributed by atoms with Crippen LogP contribution >= 0.6 is 0 Å². The summed E-state index contributed by atoms with van der Waals surface area (Å²) in [6, 6.07) is 0. The Bertz CT molecular complexity index is 241. The fourth-order valence-electron chi connectivity index (χ4n) is 2.26. The van der Waals surface area contributed by atoms with Gasteiger partial charge >= 0.3 is 0 Å². The quantitative estimate of drug-likeness (QED) is 0.717. The van der Waals surface area contributed by atoms with Crippen LogP contribution < -0.4 is 5.32 Å². The molecule has 2 heteroatoms. The highest BCUT2D eigenvalue weighted by Gasteiger charge is 2.32. The molecule has 0 rings (SSSR count). The molecule has 1 amide bonds. The third-order valence-corrected chi connectivity index (χ3v) is 3.71. The Hall–Kier alpha value is -0.530. The van der Waals surface area contributed by atoms with Crippen molar-refractivity contribution in [2.45, 2.75) is 67.7 Å². The van der Waals surface area contributed by atoms with Gasteiger partial charge in [-0.05, 0) is 29.6 Å². The van der Waals surface area contributed by atoms with Crippen LogP contribution in [0, 0.1) is 16.7 Å². The van der Waals surface area contributed by atoms with Gasteiger partial charge in [-0.3, -0.25) is 4.79 Å². The zero-order valence-electron chi connectivity index (χ0n) is 12.8. The summed E-state index contributed by atoms with van der Waals surface area (Å²) >= 11 is 0. The van der Waals surface area contributed by atoms with Crippen LogP contribution in [0.2, 0.25) is 0 Å². The molecule has 17 heavy (non-hydrogen) atoms. The highest BCUT2D eigenvalue weighted by Crippen LogP contribution is 2.40. The molecule has 2 nitrogen and oxygen atoms in total. The number of carbonyl (C=O) groups is 1. The van der Waals surface area contributed by atoms with Crippen LogP contribution in [-0.2, 0) is 4.79 Å². The second-order valence-electron chi connectivity index (χ2n) is 7.01. The first kappa shape index (κ1) is 16.5. The summed E-state index contributed by atoms with van der Waals surface area (Å²) in [6.45, 7) is 16.4. The minimum Gasteiger partial charge on any atom is -0.356 e. The molecule has 0 saturated carbocycles. The lowest BCUT2D eigenvalue weighted by atomic mass is 9.68. The van der Waals surface area contributed by atoms with E-state index < -0.39 is 0 Å². The van der Waals surface area contributed by atoms with E-state index in [0.717, 1.165) is 19.4 Å². The van der Waals surface area contributed by atoms with Gasteiger partial charge in [0, 0.05) is 13.0 Å². The van der Waals surface area contributed by atoms with Crippen LogP contribution in [0.4, 0.5) is 0 Å². The molecule has 0 fully saturated rings. The smallest absolute Gasteiger partial charge is 0.220 e. The van der Waals surface area contributed by atoms with Crippen LogP contribution in [0.25, 0.3) is 0 Å². The Morgan fingerprint density at radius 2 is 1.71 bits per heavy atom. The molecule has 0 atom stereocenters. The molecular weight excluding hydrogens is 210 g/mol. The van der Waals surface area contributed by atoms with Crippen LogP contribution in [0.3, 0.4) is 0 Å². The average molecular weight is 241 g/mol. The Morgan fingerprint density at radius 1 is 1.18 bits per heavy atom. The maximum Gasteiger partial charge on any atom is 0.220 e. The van der Waals surface area contributed by atoms with Crippen LogP contribution in [-0.4, -0.2) is 12.5 Å². The van der Waals surface area contributed by atoms with E-state index in [1.807, 2.05) is 0 Å². The van der Waals surface area contributed by atoms with E-state index in [0.29, 0.717) is 12.3 Å². The molecule has 0 aliphatic carbocycles. The van der Waals surface area contributed by atoms with Crippen LogP contribution in [0.1, 0.15) is 67.7 Å². The summed E-state index contributed by atoms with van der Waals surface area (Å²) in [5.74, 6) is 0.830. The first-order valence-electron chi connectivity index (χ1n) is 6.87. The Labute approximate surface area is 108 Å². The number of hydrogen-bond acceptors (Lipinski definition) is 1. The molecule has 0 bridgehead atoms. The van der Waals surface area contributed by atoms with Crippen molar-refractivity contribution in [1.82, 2.24) is 5.32 Å². The topological polar surface area (TPSA) is 29.1 Å². The maximum atomic E-state index is 11.8. The molecule has 0 aromatic heterocycles. The lowest BCUT2D eigenvalue weighted by Crippen LogP contribution is -2.33. The van der Waals surface area contributed by atoms with Crippen molar-refractivity contribution in [2.24, 2.45) is 16.7 Å². The number of nitrogens with one attached hydrogen (secondary N) is 1. The molecule has 0 aromatic rings. The number of hydrogen-bond donors (Lipinski definition) is 1. The Balaban J connectivity index is 4.33. The highest BCUT2D eigenvalue weighted by atomic mass is 16.1. The second kappa shape index (κ2) is 6.42. The summed E-state index contributed by atoms with van der Waals surface area (Å²) in [7, 11) is 0. The molecule has 1 N–H and O–H groups in total. The molecule has 0 unspecified atom stereocenters. The molecular formula is C15H31NO. The molecule has 0 aliphatic rings. The first-order valence-corrected chi connectivity index (χ1v) is 6.87. The lowest BCUT2D eigenvalue weighted by Gasteiger charge is -2.37. The first-order chi connectivity index (χ1) is 7.60. The van der Waals surface area contributed by atoms with Gasteiger partial charge in [0.25, 0.3) is 0 Å². The molecule has 0 aliphatic heterocycles. The van der Waals surface area contributed by atoms with E-state index in [1.54, 1.807) is 0 Å². The largest absolute Gasteiger partial charge is 0.356 e. The SMILES string of the molecule is CCCNC(=O)CC(C)(C)CC(C)(C)C(C)C. The molecule has 0 aromatic carbocycles. The van der Waals surface area contributed by atoms with Crippen molar-refractivity contribution in [1.29, 1.82) is 0 Å². The zero-order valence-corrected chi connectivity index (χ0v) is 12.8. The summed E-state index contributed by atoms with van der Waals surface area (Å²) in [6.07, 6.45) is 2.71. The van der Waals surface area contributed by atoms with E-state index in [4.69, 9.17) is 0 Å². The fraction of sp³-hybridized carbons (Fsp3) is 0.933. The molecule has 0 heterocycles. The van der Waals surface area contributed by atoms with Crippen molar-refractivity contribution < 1.29 is 4.79 Å². The normalized spacial score (nSPS) is 12.9. The Morgan fingerprint density at radius 3 is 2.12 bits per heavy atom. The zero-order chi connectivity index (χ0) is 13.7. The van der Waals surface area contributed by atoms with E-state index >= 15 is 0 Å². The predicted octanol–water partition coefficient (Wildman–Crippen LogP) is 4.00. The van der Waals surface area contributed by atoms with Crippen LogP contribution in [0.5, 0.6) is 0 Å². The Kier molecular flexibility index (Phi) is 6.22. The maximum absolute atomic E-state index is 11.8. The minimum atomic E-state index is 0.0750. The molecule has 0 radical (unpaired) electrons. The van der Waals surface area contributed by atoms with Crippen molar-refractivity contribution >= 4 is 5.91 Å². The van der Waals surface area contributed by atoms with E-state index in [2.05, 4.69) is 53.8 Å². The second-order valence-corrected chi connectivity index (χ2v) is 7.01. The summed E-state index contributed by atoms with van der Waals surface area (Å²) in [5.41, 5.74) is 0.361. The predicted molar refractivity (Wildman–Crippen MR) is 74.9 cm³/mol. The van der Waals surface area contributed by atoms with Gasteiger partial charge < -0.3 is 5.32 Å². The number of amides is 1. The lowest BCUT2D eigenvalue weighted by molar-refractivity contribution is -0.123. The average Bonchev–Trinajstić information content (AvgIpc) is 2.11. The number of rotatable bonds is 7. The van der Waals surface area contributed by atoms with Gasteiger partial charge in [0.1, 0.15) is 0 Å². The van der Waals surface area contributed by atoms with Gasteiger partial charge in [-0.15, -0.1) is 0 Å². The third-order valence-electron chi connectivity index (χ3n) is 3.71. The van der Waals surface area contributed by atoms with E-state index in [-0.39, 0.29) is 16.7 Å². The van der Waals surface area contributed by atoms with Gasteiger partial charge in [0.2, 0.25) is 5.91 Å². The summed E-state index contributed by atoms with van der Waals surface area (Å²) in [4.78, 5) is 11.8. The van der Waals surface area contributed by atoms with Crippen LogP contribution in [0.15, 0.2) is 0 Å². The summed E-state index contributed by atoms with van der Waals surface area (Å²) < 4.78 is 0. The number of carbonyl (C=O) groups excluding carboxylic acids is 1. The molecule has 0 saturated heterocycles. The molecule has 0 spiro atoms. The van der Waals surface area contributed by atoms with Gasteiger partial charge in [-0.2, -0.15) is 0 Å². The van der Waals surface area contributed by atoms with Crippen molar-refractivity contribution in [3.63, 3.8) is 0 Å². The minimum absolute atomic E-state index is 0.0750. The van der Waals surface area contributed by atoms with Crippen molar-refractivity contribution in [3.05, 3.63) is 0 Å². The standard InChI is InChI=1S/C15H31NO/c1-8-9-16-13(17)10-14(4,5)11-15(6,7)12(2)3/h12H,8-11H2,1-7H3,(H,16,17). The third kappa shape index (κ3) is 6.70. The monoisotopic (exact) mass is 241 g/mol. The van der Waals surface area contributed by atoms with Gasteiger partial charge in [-0.25, -0.2) is 0 Å². The molecule has 102 valence electrons. The van der Waals surface area contributed by atoms with Crippen molar-refractivity contribution in [2.75, 3.05) is 6.54 Å².